The predicted molar refractivity (Wildman–Crippen MR) is 78.2 cm³/mol. The highest BCUT2D eigenvalue weighted by Crippen LogP contribution is 2.22. The number of halogens is 1. The van der Waals surface area contributed by atoms with Crippen LogP contribution in [0.2, 0.25) is 0 Å². The lowest BCUT2D eigenvalue weighted by Gasteiger charge is -2.41. The van der Waals surface area contributed by atoms with E-state index in [1.54, 1.807) is 6.33 Å². The summed E-state index contributed by atoms with van der Waals surface area (Å²) in [6, 6.07) is 2.36. The minimum atomic E-state index is -0.384. The minimum absolute atomic E-state index is 0.384. The van der Waals surface area contributed by atoms with E-state index in [4.69, 9.17) is 5.26 Å². The third kappa shape index (κ3) is 2.72. The number of hydrogen-bond donors (Lipinski definition) is 0. The first kappa shape index (κ1) is 13.5. The van der Waals surface area contributed by atoms with E-state index in [2.05, 4.69) is 48.4 Å². The number of anilines is 1. The van der Waals surface area contributed by atoms with E-state index >= 15 is 0 Å². The van der Waals surface area contributed by atoms with Crippen LogP contribution in [0.15, 0.2) is 12.5 Å². The Hall–Kier alpha value is -0.940. The van der Waals surface area contributed by atoms with E-state index in [0.29, 0.717) is 0 Å². The standard InChI is InChI=1S/C12H16IN5/c1-12(2,8-14)18-5-3-17(4-6-18)11-10(13)7-15-9-16-11/h7,9H,3-6H2,1-2H3. The largest absolute Gasteiger partial charge is 0.353 e. The molecule has 0 N–H and O–H groups in total. The Morgan fingerprint density at radius 2 is 2.00 bits per heavy atom. The first-order chi connectivity index (χ1) is 8.54. The van der Waals surface area contributed by atoms with E-state index in [-0.39, 0.29) is 5.54 Å². The van der Waals surface area contributed by atoms with Gasteiger partial charge in [0.1, 0.15) is 17.7 Å². The van der Waals surface area contributed by atoms with Crippen LogP contribution in [0.4, 0.5) is 5.82 Å². The van der Waals surface area contributed by atoms with Gasteiger partial charge < -0.3 is 4.90 Å². The molecule has 0 radical (unpaired) electrons. The number of nitrogens with zero attached hydrogens (tertiary/aromatic N) is 5. The summed E-state index contributed by atoms with van der Waals surface area (Å²) < 4.78 is 1.07. The molecule has 0 atom stereocenters. The molecule has 1 aromatic heterocycles. The third-order valence-electron chi connectivity index (χ3n) is 3.29. The Balaban J connectivity index is 2.04. The fourth-order valence-electron chi connectivity index (χ4n) is 2.09. The van der Waals surface area contributed by atoms with Crippen LogP contribution >= 0.6 is 22.6 Å². The molecule has 2 rings (SSSR count). The van der Waals surface area contributed by atoms with Crippen LogP contribution in [0.5, 0.6) is 0 Å². The fraction of sp³-hybridized carbons (Fsp3) is 0.583. The first-order valence-electron chi connectivity index (χ1n) is 5.91. The molecule has 2 heterocycles. The van der Waals surface area contributed by atoms with Crippen molar-refractivity contribution in [3.8, 4) is 6.07 Å². The summed E-state index contributed by atoms with van der Waals surface area (Å²) in [7, 11) is 0. The number of aromatic nitrogens is 2. The van der Waals surface area contributed by atoms with Gasteiger partial charge >= 0.3 is 0 Å². The fourth-order valence-corrected chi connectivity index (χ4v) is 2.73. The van der Waals surface area contributed by atoms with Crippen molar-refractivity contribution in [3.05, 3.63) is 16.1 Å². The molecule has 1 aliphatic heterocycles. The van der Waals surface area contributed by atoms with E-state index in [1.807, 2.05) is 20.0 Å². The lowest BCUT2D eigenvalue weighted by molar-refractivity contribution is 0.157. The Bertz CT molecular complexity index is 460. The monoisotopic (exact) mass is 357 g/mol. The van der Waals surface area contributed by atoms with Gasteiger partial charge in [-0.05, 0) is 36.4 Å². The van der Waals surface area contributed by atoms with Crippen LogP contribution in [-0.2, 0) is 0 Å². The van der Waals surface area contributed by atoms with Crippen LogP contribution in [0.3, 0.4) is 0 Å². The molecule has 5 nitrogen and oxygen atoms in total. The van der Waals surface area contributed by atoms with Crippen LogP contribution in [0, 0.1) is 14.9 Å². The minimum Gasteiger partial charge on any atom is -0.353 e. The molecular weight excluding hydrogens is 341 g/mol. The second-order valence-corrected chi connectivity index (χ2v) is 6.00. The Labute approximate surface area is 121 Å². The highest BCUT2D eigenvalue weighted by molar-refractivity contribution is 14.1. The van der Waals surface area contributed by atoms with Gasteiger partial charge in [-0.3, -0.25) is 4.90 Å². The van der Waals surface area contributed by atoms with Crippen LogP contribution in [0.1, 0.15) is 13.8 Å². The molecule has 1 saturated heterocycles. The SMILES string of the molecule is CC(C)(C#N)N1CCN(c2ncncc2I)CC1. The second kappa shape index (κ2) is 5.36. The molecule has 1 fully saturated rings. The zero-order valence-electron chi connectivity index (χ0n) is 10.6. The van der Waals surface area contributed by atoms with E-state index < -0.39 is 0 Å². The van der Waals surface area contributed by atoms with Crippen molar-refractivity contribution in [2.24, 2.45) is 0 Å². The molecule has 0 aliphatic carbocycles. The van der Waals surface area contributed by atoms with Crippen molar-refractivity contribution >= 4 is 28.4 Å². The van der Waals surface area contributed by atoms with Gasteiger partial charge in [-0.1, -0.05) is 0 Å². The van der Waals surface area contributed by atoms with Crippen molar-refractivity contribution < 1.29 is 0 Å². The highest BCUT2D eigenvalue weighted by Gasteiger charge is 2.30. The maximum absolute atomic E-state index is 9.15. The lowest BCUT2D eigenvalue weighted by Crippen LogP contribution is -2.54. The maximum Gasteiger partial charge on any atom is 0.145 e. The summed E-state index contributed by atoms with van der Waals surface area (Å²) in [6.45, 7) is 7.52. The van der Waals surface area contributed by atoms with Crippen molar-refractivity contribution in [2.75, 3.05) is 31.1 Å². The number of rotatable bonds is 2. The van der Waals surface area contributed by atoms with Crippen molar-refractivity contribution in [2.45, 2.75) is 19.4 Å². The molecule has 0 amide bonds. The molecule has 18 heavy (non-hydrogen) atoms. The summed E-state index contributed by atoms with van der Waals surface area (Å²) in [5.74, 6) is 1.00. The summed E-state index contributed by atoms with van der Waals surface area (Å²) in [4.78, 5) is 12.8. The number of piperazine rings is 1. The number of hydrogen-bond acceptors (Lipinski definition) is 5. The van der Waals surface area contributed by atoms with E-state index in [0.717, 1.165) is 35.6 Å². The Morgan fingerprint density at radius 3 is 2.56 bits per heavy atom. The number of nitriles is 1. The van der Waals surface area contributed by atoms with Crippen molar-refractivity contribution in [1.82, 2.24) is 14.9 Å². The smallest absolute Gasteiger partial charge is 0.145 e. The van der Waals surface area contributed by atoms with Gasteiger partial charge in [0.25, 0.3) is 0 Å². The Morgan fingerprint density at radius 1 is 1.33 bits per heavy atom. The molecule has 1 aliphatic rings. The second-order valence-electron chi connectivity index (χ2n) is 4.84. The average Bonchev–Trinajstić information content (AvgIpc) is 2.39. The molecular formula is C12H16IN5. The topological polar surface area (TPSA) is 56.1 Å². The summed E-state index contributed by atoms with van der Waals surface area (Å²) in [6.07, 6.45) is 3.41. The zero-order chi connectivity index (χ0) is 13.2. The van der Waals surface area contributed by atoms with Crippen molar-refractivity contribution in [1.29, 1.82) is 5.26 Å². The van der Waals surface area contributed by atoms with Gasteiger partial charge in [0.05, 0.1) is 9.64 Å². The quantitative estimate of drug-likeness (QED) is 0.751. The van der Waals surface area contributed by atoms with E-state index in [1.165, 1.54) is 0 Å². The molecule has 0 bridgehead atoms. The highest BCUT2D eigenvalue weighted by atomic mass is 127. The molecule has 0 unspecified atom stereocenters. The summed E-state index contributed by atoms with van der Waals surface area (Å²) in [5, 5.41) is 9.15. The van der Waals surface area contributed by atoms with Gasteiger partial charge in [0.2, 0.25) is 0 Å². The molecule has 1 aromatic rings. The predicted octanol–water partition coefficient (Wildman–Crippen LogP) is 1.51. The zero-order valence-corrected chi connectivity index (χ0v) is 12.8. The van der Waals surface area contributed by atoms with Gasteiger partial charge in [0.15, 0.2) is 0 Å². The average molecular weight is 357 g/mol. The van der Waals surface area contributed by atoms with Gasteiger partial charge in [-0.25, -0.2) is 9.97 Å². The van der Waals surface area contributed by atoms with E-state index in [9.17, 15) is 0 Å². The van der Waals surface area contributed by atoms with Crippen LogP contribution in [0.25, 0.3) is 0 Å². The normalized spacial score (nSPS) is 17.6. The maximum atomic E-state index is 9.15. The van der Waals surface area contributed by atoms with Crippen LogP contribution < -0.4 is 4.90 Å². The van der Waals surface area contributed by atoms with Gasteiger partial charge in [-0.15, -0.1) is 0 Å². The summed E-state index contributed by atoms with van der Waals surface area (Å²) >= 11 is 2.26. The molecule has 96 valence electrons. The molecule has 0 aromatic carbocycles. The molecule has 0 spiro atoms. The Kier molecular flexibility index (Phi) is 4.02. The first-order valence-corrected chi connectivity index (χ1v) is 6.99. The lowest BCUT2D eigenvalue weighted by atomic mass is 10.0. The third-order valence-corrected chi connectivity index (χ3v) is 4.05. The molecule has 0 saturated carbocycles. The van der Waals surface area contributed by atoms with Gasteiger partial charge in [0, 0.05) is 32.4 Å². The molecule has 6 heteroatoms. The van der Waals surface area contributed by atoms with Crippen molar-refractivity contribution in [3.63, 3.8) is 0 Å². The summed E-state index contributed by atoms with van der Waals surface area (Å²) in [5.41, 5.74) is -0.384. The van der Waals surface area contributed by atoms with Crippen LogP contribution in [-0.4, -0.2) is 46.6 Å². The van der Waals surface area contributed by atoms with Gasteiger partial charge in [-0.2, -0.15) is 5.26 Å².